The molecule has 0 radical (unpaired) electrons. The number of ketones is 1. The first-order chi connectivity index (χ1) is 12.3. The number of phenols is 1. The number of hydrogen-bond donors (Lipinski definition) is 1. The maximum Gasteiger partial charge on any atom is 0.160 e. The van der Waals surface area contributed by atoms with Gasteiger partial charge in [-0.2, -0.15) is 0 Å². The maximum absolute atomic E-state index is 11.9. The first kappa shape index (κ1) is 18.5. The molecule has 0 saturated heterocycles. The van der Waals surface area contributed by atoms with Gasteiger partial charge in [-0.25, -0.2) is 0 Å². The minimum atomic E-state index is -0.00179. The van der Waals surface area contributed by atoms with E-state index >= 15 is 0 Å². The van der Waals surface area contributed by atoms with Gasteiger partial charge in [0.25, 0.3) is 0 Å². The van der Waals surface area contributed by atoms with Gasteiger partial charge in [0.1, 0.15) is 0 Å². The number of phenolic OH excluding ortho intramolecular Hbond substituents is 1. The van der Waals surface area contributed by atoms with E-state index in [1.807, 2.05) is 24.3 Å². The Hall–Kier alpha value is -2.33. The molecule has 0 saturated carbocycles. The number of benzene rings is 2. The third-order valence-corrected chi connectivity index (χ3v) is 5.49. The number of Topliss-reactive ketones (excluding diaryl/α,β-unsaturated/α-hetero) is 1. The minimum Gasteiger partial charge on any atom is -0.504 e. The van der Waals surface area contributed by atoms with E-state index in [2.05, 4.69) is 24.8 Å². The van der Waals surface area contributed by atoms with Crippen LogP contribution in [0.5, 0.6) is 11.5 Å². The molecule has 3 rings (SSSR count). The standard InChI is InChI=1S/C22H27NO3/c1-15(24)18-7-5-6-17-13-23(14-19(17)18)22(2,3)11-10-16-8-9-20(25)21(12-16)26-4/h5-9,12,25H,10-11,13-14H2,1-4H3. The van der Waals surface area contributed by atoms with Crippen LogP contribution in [0, 0.1) is 0 Å². The minimum absolute atomic E-state index is 0.00179. The van der Waals surface area contributed by atoms with Crippen LogP contribution >= 0.6 is 0 Å². The molecule has 0 spiro atoms. The highest BCUT2D eigenvalue weighted by atomic mass is 16.5. The van der Waals surface area contributed by atoms with Crippen molar-refractivity contribution >= 4 is 5.78 Å². The fourth-order valence-corrected chi connectivity index (χ4v) is 3.67. The van der Waals surface area contributed by atoms with E-state index in [9.17, 15) is 9.90 Å². The molecule has 0 atom stereocenters. The normalized spacial score (nSPS) is 14.3. The fourth-order valence-electron chi connectivity index (χ4n) is 3.67. The second kappa shape index (κ2) is 7.12. The number of carbonyl (C=O) groups excluding carboxylic acids is 1. The number of fused-ring (bicyclic) bond motifs is 1. The van der Waals surface area contributed by atoms with E-state index in [-0.39, 0.29) is 17.1 Å². The summed E-state index contributed by atoms with van der Waals surface area (Å²) >= 11 is 0. The molecule has 0 fully saturated rings. The summed E-state index contributed by atoms with van der Waals surface area (Å²) in [6.45, 7) is 7.84. The Morgan fingerprint density at radius 3 is 2.69 bits per heavy atom. The molecule has 0 amide bonds. The summed E-state index contributed by atoms with van der Waals surface area (Å²) in [5.41, 5.74) is 4.44. The summed E-state index contributed by atoms with van der Waals surface area (Å²) in [7, 11) is 1.57. The van der Waals surface area contributed by atoms with Crippen molar-refractivity contribution < 1.29 is 14.6 Å². The summed E-state index contributed by atoms with van der Waals surface area (Å²) in [6, 6.07) is 11.6. The Kier molecular flexibility index (Phi) is 5.05. The number of hydrogen-bond acceptors (Lipinski definition) is 4. The molecule has 1 aliphatic heterocycles. The van der Waals surface area contributed by atoms with Crippen molar-refractivity contribution in [3.63, 3.8) is 0 Å². The molecule has 1 aliphatic rings. The SMILES string of the molecule is COc1cc(CCC(C)(C)N2Cc3cccc(C(C)=O)c3C2)ccc1O. The monoisotopic (exact) mass is 353 g/mol. The lowest BCUT2D eigenvalue weighted by molar-refractivity contribution is 0.100. The van der Waals surface area contributed by atoms with Crippen LogP contribution in [0.1, 0.15) is 54.2 Å². The first-order valence-electron chi connectivity index (χ1n) is 9.04. The van der Waals surface area contributed by atoms with Crippen molar-refractivity contribution in [2.75, 3.05) is 7.11 Å². The third-order valence-electron chi connectivity index (χ3n) is 5.49. The van der Waals surface area contributed by atoms with Gasteiger partial charge < -0.3 is 9.84 Å². The van der Waals surface area contributed by atoms with E-state index in [0.29, 0.717) is 5.75 Å². The quantitative estimate of drug-likeness (QED) is 0.785. The largest absolute Gasteiger partial charge is 0.504 e. The zero-order valence-corrected chi connectivity index (χ0v) is 16.0. The molecule has 0 aromatic heterocycles. The van der Waals surface area contributed by atoms with E-state index in [1.165, 1.54) is 11.1 Å². The summed E-state index contributed by atoms with van der Waals surface area (Å²) in [5.74, 6) is 0.819. The number of rotatable bonds is 6. The molecule has 0 aliphatic carbocycles. The van der Waals surface area contributed by atoms with Crippen LogP contribution in [0.15, 0.2) is 36.4 Å². The molecule has 4 nitrogen and oxygen atoms in total. The Labute approximate surface area is 155 Å². The zero-order valence-electron chi connectivity index (χ0n) is 16.0. The van der Waals surface area contributed by atoms with Crippen LogP contribution in [0.2, 0.25) is 0 Å². The number of methoxy groups -OCH3 is 1. The summed E-state index contributed by atoms with van der Waals surface area (Å²) < 4.78 is 5.20. The fraction of sp³-hybridized carbons (Fsp3) is 0.409. The molecule has 26 heavy (non-hydrogen) atoms. The number of ether oxygens (including phenoxy) is 1. The van der Waals surface area contributed by atoms with Crippen LogP contribution in [-0.4, -0.2) is 28.4 Å². The van der Waals surface area contributed by atoms with Crippen LogP contribution in [-0.2, 0) is 19.5 Å². The van der Waals surface area contributed by atoms with Crippen LogP contribution < -0.4 is 4.74 Å². The van der Waals surface area contributed by atoms with Gasteiger partial charge in [-0.05, 0) is 62.4 Å². The lowest BCUT2D eigenvalue weighted by atomic mass is 9.93. The molecule has 0 unspecified atom stereocenters. The van der Waals surface area contributed by atoms with Crippen molar-refractivity contribution in [1.29, 1.82) is 0 Å². The predicted molar refractivity (Wildman–Crippen MR) is 103 cm³/mol. The van der Waals surface area contributed by atoms with E-state index < -0.39 is 0 Å². The average molecular weight is 353 g/mol. The van der Waals surface area contributed by atoms with Crippen molar-refractivity contribution in [1.82, 2.24) is 4.90 Å². The molecule has 2 aromatic carbocycles. The number of aryl methyl sites for hydroxylation is 1. The Bertz CT molecular complexity index is 826. The molecular weight excluding hydrogens is 326 g/mol. The Morgan fingerprint density at radius 2 is 2.00 bits per heavy atom. The summed E-state index contributed by atoms with van der Waals surface area (Å²) in [6.07, 6.45) is 1.88. The van der Waals surface area contributed by atoms with Gasteiger partial charge in [0.2, 0.25) is 0 Å². The number of nitrogens with zero attached hydrogens (tertiary/aromatic N) is 1. The molecule has 1 heterocycles. The summed E-state index contributed by atoms with van der Waals surface area (Å²) in [4.78, 5) is 14.4. The number of carbonyl (C=O) groups is 1. The smallest absolute Gasteiger partial charge is 0.160 e. The highest BCUT2D eigenvalue weighted by Crippen LogP contribution is 2.34. The lowest BCUT2D eigenvalue weighted by Gasteiger charge is -2.35. The van der Waals surface area contributed by atoms with Gasteiger partial charge >= 0.3 is 0 Å². The molecule has 138 valence electrons. The first-order valence-corrected chi connectivity index (χ1v) is 9.04. The molecule has 4 heteroatoms. The zero-order chi connectivity index (χ0) is 18.9. The van der Waals surface area contributed by atoms with Crippen molar-refractivity contribution in [2.45, 2.75) is 52.2 Å². The highest BCUT2D eigenvalue weighted by Gasteiger charge is 2.33. The van der Waals surface area contributed by atoms with Crippen molar-refractivity contribution in [3.8, 4) is 11.5 Å². The van der Waals surface area contributed by atoms with Gasteiger partial charge in [0, 0.05) is 24.2 Å². The third kappa shape index (κ3) is 3.61. The number of aromatic hydroxyl groups is 1. The molecule has 2 aromatic rings. The summed E-state index contributed by atoms with van der Waals surface area (Å²) in [5, 5.41) is 9.75. The van der Waals surface area contributed by atoms with Gasteiger partial charge in [-0.15, -0.1) is 0 Å². The van der Waals surface area contributed by atoms with E-state index in [1.54, 1.807) is 20.1 Å². The van der Waals surface area contributed by atoms with Gasteiger partial charge in [-0.1, -0.05) is 24.3 Å². The second-order valence-electron chi connectivity index (χ2n) is 7.67. The van der Waals surface area contributed by atoms with Crippen molar-refractivity contribution in [3.05, 3.63) is 58.7 Å². The molecule has 1 N–H and O–H groups in total. The highest BCUT2D eigenvalue weighted by molar-refractivity contribution is 5.96. The van der Waals surface area contributed by atoms with Crippen LogP contribution in [0.4, 0.5) is 0 Å². The maximum atomic E-state index is 11.9. The molecule has 0 bridgehead atoms. The predicted octanol–water partition coefficient (Wildman–Crippen LogP) is 4.33. The van der Waals surface area contributed by atoms with Crippen LogP contribution in [0.3, 0.4) is 0 Å². The Morgan fingerprint density at radius 1 is 1.23 bits per heavy atom. The van der Waals surface area contributed by atoms with E-state index in [0.717, 1.165) is 37.1 Å². The van der Waals surface area contributed by atoms with Gasteiger partial charge in [-0.3, -0.25) is 9.69 Å². The second-order valence-corrected chi connectivity index (χ2v) is 7.67. The topological polar surface area (TPSA) is 49.8 Å². The molecular formula is C22H27NO3. The van der Waals surface area contributed by atoms with Crippen molar-refractivity contribution in [2.24, 2.45) is 0 Å². The average Bonchev–Trinajstić information content (AvgIpc) is 3.06. The van der Waals surface area contributed by atoms with E-state index in [4.69, 9.17) is 4.74 Å². The van der Waals surface area contributed by atoms with Gasteiger partial charge in [0.05, 0.1) is 7.11 Å². The van der Waals surface area contributed by atoms with Crippen LogP contribution in [0.25, 0.3) is 0 Å². The van der Waals surface area contributed by atoms with Gasteiger partial charge in [0.15, 0.2) is 17.3 Å². The lowest BCUT2D eigenvalue weighted by Crippen LogP contribution is -2.40. The Balaban J connectivity index is 1.71.